The van der Waals surface area contributed by atoms with Gasteiger partial charge in [-0.05, 0) is 55.9 Å². The Morgan fingerprint density at radius 3 is 1.82 bits per heavy atom. The molecule has 1 heterocycles. The third kappa shape index (κ3) is 3.78. The molecule has 0 amide bonds. The average Bonchev–Trinajstić information content (AvgIpc) is 3.02. The molecule has 1 aromatic heterocycles. The fraction of sp³-hybridized carbons (Fsp3) is 0.423. The van der Waals surface area contributed by atoms with Gasteiger partial charge < -0.3 is 0 Å². The summed E-state index contributed by atoms with van der Waals surface area (Å²) in [5, 5.41) is 0. The van der Waals surface area contributed by atoms with Gasteiger partial charge in [0.25, 0.3) is 5.82 Å². The molecule has 0 unspecified atom stereocenters. The van der Waals surface area contributed by atoms with Gasteiger partial charge in [0.2, 0.25) is 0 Å². The SMILES string of the molecule is CC(C)c1cc(-c2ccccc2)cc(C(C)C)c1-n1cc[n+](C)c1C(C)(C)C. The van der Waals surface area contributed by atoms with Gasteiger partial charge in [-0.25, -0.2) is 4.57 Å². The molecule has 0 N–H and O–H groups in total. The van der Waals surface area contributed by atoms with Gasteiger partial charge in [-0.3, -0.25) is 0 Å². The van der Waals surface area contributed by atoms with Crippen LogP contribution < -0.4 is 4.57 Å². The van der Waals surface area contributed by atoms with Gasteiger partial charge in [-0.1, -0.05) is 58.0 Å². The highest BCUT2D eigenvalue weighted by atomic mass is 15.2. The Morgan fingerprint density at radius 2 is 1.36 bits per heavy atom. The van der Waals surface area contributed by atoms with Crippen LogP contribution in [-0.4, -0.2) is 4.57 Å². The first-order valence-electron chi connectivity index (χ1n) is 10.4. The lowest BCUT2D eigenvalue weighted by Gasteiger charge is -2.23. The normalized spacial score (nSPS) is 12.2. The van der Waals surface area contributed by atoms with Gasteiger partial charge in [-0.15, -0.1) is 0 Å². The van der Waals surface area contributed by atoms with Crippen molar-refractivity contribution >= 4 is 0 Å². The first-order chi connectivity index (χ1) is 13.1. The minimum atomic E-state index is 0.0544. The molecule has 0 saturated heterocycles. The maximum atomic E-state index is 2.43. The molecule has 0 aliphatic rings. The van der Waals surface area contributed by atoms with Gasteiger partial charge in [0.1, 0.15) is 18.1 Å². The van der Waals surface area contributed by atoms with E-state index < -0.39 is 0 Å². The van der Waals surface area contributed by atoms with Crippen molar-refractivity contribution < 1.29 is 4.57 Å². The van der Waals surface area contributed by atoms with E-state index in [0.29, 0.717) is 11.8 Å². The van der Waals surface area contributed by atoms with E-state index in [9.17, 15) is 0 Å². The van der Waals surface area contributed by atoms with E-state index in [-0.39, 0.29) is 5.41 Å². The topological polar surface area (TPSA) is 8.81 Å². The summed E-state index contributed by atoms with van der Waals surface area (Å²) in [4.78, 5) is 0. The van der Waals surface area contributed by atoms with E-state index in [1.54, 1.807) is 0 Å². The smallest absolute Gasteiger partial charge is 0.236 e. The van der Waals surface area contributed by atoms with Crippen molar-refractivity contribution in [3.63, 3.8) is 0 Å². The van der Waals surface area contributed by atoms with Crippen molar-refractivity contribution in [1.29, 1.82) is 0 Å². The molecule has 3 rings (SSSR count). The van der Waals surface area contributed by atoms with E-state index in [1.165, 1.54) is 33.8 Å². The number of hydrogen-bond donors (Lipinski definition) is 0. The molecular weight excluding hydrogens is 340 g/mol. The summed E-state index contributed by atoms with van der Waals surface area (Å²) in [5.41, 5.74) is 6.82. The molecular formula is C26H35N2+. The van der Waals surface area contributed by atoms with Crippen LogP contribution in [0.4, 0.5) is 0 Å². The van der Waals surface area contributed by atoms with Crippen LogP contribution in [0.3, 0.4) is 0 Å². The van der Waals surface area contributed by atoms with Crippen LogP contribution in [0.1, 0.15) is 77.3 Å². The lowest BCUT2D eigenvalue weighted by Crippen LogP contribution is -2.39. The molecule has 2 heteroatoms. The molecule has 28 heavy (non-hydrogen) atoms. The van der Waals surface area contributed by atoms with Crippen LogP contribution in [0.25, 0.3) is 16.8 Å². The number of benzene rings is 2. The average molecular weight is 376 g/mol. The van der Waals surface area contributed by atoms with Gasteiger partial charge in [0, 0.05) is 11.1 Å². The van der Waals surface area contributed by atoms with Crippen LogP contribution in [0.5, 0.6) is 0 Å². The number of nitrogens with zero attached hydrogens (tertiary/aromatic N) is 2. The second-order valence-electron chi connectivity index (χ2n) is 9.53. The van der Waals surface area contributed by atoms with E-state index in [1.807, 2.05) is 0 Å². The largest absolute Gasteiger partial charge is 0.266 e. The molecule has 0 spiro atoms. The Hall–Kier alpha value is -2.35. The van der Waals surface area contributed by atoms with Gasteiger partial charge in [0.05, 0.1) is 12.5 Å². The lowest BCUT2D eigenvalue weighted by molar-refractivity contribution is -0.681. The van der Waals surface area contributed by atoms with E-state index >= 15 is 0 Å². The maximum Gasteiger partial charge on any atom is 0.266 e. The Labute approximate surface area is 170 Å². The maximum absolute atomic E-state index is 2.43. The Bertz CT molecular complexity index is 925. The van der Waals surface area contributed by atoms with Crippen molar-refractivity contribution in [2.75, 3.05) is 0 Å². The van der Waals surface area contributed by atoms with Crippen molar-refractivity contribution in [2.24, 2.45) is 7.05 Å². The second kappa shape index (κ2) is 7.58. The summed E-state index contributed by atoms with van der Waals surface area (Å²) >= 11 is 0. The quantitative estimate of drug-likeness (QED) is 0.459. The number of rotatable bonds is 4. The van der Waals surface area contributed by atoms with E-state index in [4.69, 9.17) is 0 Å². The summed E-state index contributed by atoms with van der Waals surface area (Å²) in [7, 11) is 2.15. The minimum Gasteiger partial charge on any atom is -0.236 e. The molecule has 0 radical (unpaired) electrons. The first kappa shape index (κ1) is 20.4. The zero-order valence-corrected chi connectivity index (χ0v) is 18.7. The van der Waals surface area contributed by atoms with Gasteiger partial charge >= 0.3 is 0 Å². The standard InChI is InChI=1S/C26H35N2/c1-18(2)22-16-21(20-12-10-9-11-13-20)17-23(19(3)4)24(22)28-15-14-27(8)25(28)26(5,6)7/h9-19H,1-8H3/q+1. The molecule has 3 aromatic rings. The molecule has 2 aromatic carbocycles. The van der Waals surface area contributed by atoms with Gasteiger partial charge in [-0.2, -0.15) is 4.57 Å². The van der Waals surface area contributed by atoms with E-state index in [2.05, 4.69) is 120 Å². The Kier molecular flexibility index (Phi) is 5.52. The minimum absolute atomic E-state index is 0.0544. The summed E-state index contributed by atoms with van der Waals surface area (Å²) in [6.07, 6.45) is 4.41. The fourth-order valence-electron chi connectivity index (χ4n) is 4.18. The van der Waals surface area contributed by atoms with Crippen molar-refractivity contribution in [3.8, 4) is 16.8 Å². The Balaban J connectivity index is 2.36. The lowest BCUT2D eigenvalue weighted by atomic mass is 9.87. The second-order valence-corrected chi connectivity index (χ2v) is 9.53. The molecule has 0 aliphatic carbocycles. The zero-order valence-electron chi connectivity index (χ0n) is 18.7. The zero-order chi connectivity index (χ0) is 20.6. The van der Waals surface area contributed by atoms with Crippen molar-refractivity contribution in [2.45, 2.75) is 65.7 Å². The summed E-state index contributed by atoms with van der Waals surface area (Å²) in [6, 6.07) is 15.5. The summed E-state index contributed by atoms with van der Waals surface area (Å²) in [6.45, 7) is 16.1. The fourth-order valence-corrected chi connectivity index (χ4v) is 4.18. The Morgan fingerprint density at radius 1 is 0.821 bits per heavy atom. The molecule has 0 aliphatic heterocycles. The van der Waals surface area contributed by atoms with Crippen LogP contribution in [0.2, 0.25) is 0 Å². The number of aromatic nitrogens is 2. The molecule has 0 saturated carbocycles. The molecule has 0 atom stereocenters. The van der Waals surface area contributed by atoms with Gasteiger partial charge in [0.15, 0.2) is 0 Å². The highest BCUT2D eigenvalue weighted by Crippen LogP contribution is 2.37. The van der Waals surface area contributed by atoms with Crippen LogP contribution in [0, 0.1) is 0 Å². The van der Waals surface area contributed by atoms with Crippen LogP contribution >= 0.6 is 0 Å². The third-order valence-corrected chi connectivity index (χ3v) is 5.43. The highest BCUT2D eigenvalue weighted by molar-refractivity contribution is 5.70. The molecule has 0 fully saturated rings. The first-order valence-corrected chi connectivity index (χ1v) is 10.4. The third-order valence-electron chi connectivity index (χ3n) is 5.43. The molecule has 148 valence electrons. The van der Waals surface area contributed by atoms with E-state index in [0.717, 1.165) is 0 Å². The molecule has 2 nitrogen and oxygen atoms in total. The van der Waals surface area contributed by atoms with Crippen LogP contribution in [-0.2, 0) is 12.5 Å². The predicted octanol–water partition coefficient (Wildman–Crippen LogP) is 6.51. The number of imidazole rings is 1. The summed E-state index contributed by atoms with van der Waals surface area (Å²) < 4.78 is 4.69. The van der Waals surface area contributed by atoms with Crippen molar-refractivity contribution in [3.05, 3.63) is 71.8 Å². The van der Waals surface area contributed by atoms with Crippen LogP contribution in [0.15, 0.2) is 54.9 Å². The predicted molar refractivity (Wildman–Crippen MR) is 119 cm³/mol. The highest BCUT2D eigenvalue weighted by Gasteiger charge is 2.32. The number of hydrogen-bond acceptors (Lipinski definition) is 0. The van der Waals surface area contributed by atoms with Crippen molar-refractivity contribution in [1.82, 2.24) is 4.57 Å². The monoisotopic (exact) mass is 375 g/mol. The summed E-state index contributed by atoms with van der Waals surface area (Å²) in [5.74, 6) is 2.21. The number of aryl methyl sites for hydroxylation is 1. The molecule has 0 bridgehead atoms.